The highest BCUT2D eigenvalue weighted by atomic mass is 35.5. The summed E-state index contributed by atoms with van der Waals surface area (Å²) in [7, 11) is 0. The maximum absolute atomic E-state index is 5.92. The summed E-state index contributed by atoms with van der Waals surface area (Å²) in [5.74, 6) is 0.648. The SMILES string of the molecule is Clc1cc(Cl)cc(CNCC2CCOC2)c1. The molecule has 1 fully saturated rings. The first-order chi connectivity index (χ1) is 7.74. The fourth-order valence-corrected chi connectivity index (χ4v) is 2.45. The minimum atomic E-state index is 0.648. The number of hydrogen-bond acceptors (Lipinski definition) is 2. The molecule has 88 valence electrons. The fourth-order valence-electron chi connectivity index (χ4n) is 1.88. The smallest absolute Gasteiger partial charge is 0.0507 e. The molecule has 1 atom stereocenters. The van der Waals surface area contributed by atoms with Crippen molar-refractivity contribution in [3.05, 3.63) is 33.8 Å². The van der Waals surface area contributed by atoms with Crippen molar-refractivity contribution in [2.24, 2.45) is 5.92 Å². The van der Waals surface area contributed by atoms with Crippen LogP contribution in [0.1, 0.15) is 12.0 Å². The Hall–Kier alpha value is -0.280. The third-order valence-corrected chi connectivity index (χ3v) is 3.14. The normalized spacial score (nSPS) is 20.2. The van der Waals surface area contributed by atoms with E-state index in [-0.39, 0.29) is 0 Å². The average molecular weight is 260 g/mol. The Morgan fingerprint density at radius 1 is 1.25 bits per heavy atom. The number of nitrogens with one attached hydrogen (secondary N) is 1. The van der Waals surface area contributed by atoms with E-state index in [9.17, 15) is 0 Å². The molecule has 1 aliphatic rings. The first-order valence-corrected chi connectivity index (χ1v) is 6.23. The fraction of sp³-hybridized carbons (Fsp3) is 0.500. The van der Waals surface area contributed by atoms with Crippen molar-refractivity contribution in [3.63, 3.8) is 0 Å². The largest absolute Gasteiger partial charge is 0.381 e. The average Bonchev–Trinajstić information content (AvgIpc) is 2.69. The lowest BCUT2D eigenvalue weighted by Gasteiger charge is -2.09. The molecule has 2 nitrogen and oxygen atoms in total. The monoisotopic (exact) mass is 259 g/mol. The van der Waals surface area contributed by atoms with Gasteiger partial charge < -0.3 is 10.1 Å². The van der Waals surface area contributed by atoms with Gasteiger partial charge >= 0.3 is 0 Å². The van der Waals surface area contributed by atoms with Crippen LogP contribution in [0.25, 0.3) is 0 Å². The second-order valence-corrected chi connectivity index (χ2v) is 5.01. The minimum absolute atomic E-state index is 0.648. The summed E-state index contributed by atoms with van der Waals surface area (Å²) in [6.45, 7) is 3.57. The lowest BCUT2D eigenvalue weighted by Crippen LogP contribution is -2.22. The zero-order valence-corrected chi connectivity index (χ0v) is 10.5. The second-order valence-electron chi connectivity index (χ2n) is 4.14. The Labute approximate surface area is 106 Å². The predicted octanol–water partition coefficient (Wildman–Crippen LogP) is 3.12. The quantitative estimate of drug-likeness (QED) is 0.898. The van der Waals surface area contributed by atoms with Gasteiger partial charge in [-0.15, -0.1) is 0 Å². The molecule has 1 saturated heterocycles. The van der Waals surface area contributed by atoms with Gasteiger partial charge in [-0.2, -0.15) is 0 Å². The van der Waals surface area contributed by atoms with Crippen LogP contribution in [-0.4, -0.2) is 19.8 Å². The molecule has 1 N–H and O–H groups in total. The Morgan fingerprint density at radius 3 is 2.62 bits per heavy atom. The second kappa shape index (κ2) is 5.87. The summed E-state index contributed by atoms with van der Waals surface area (Å²) >= 11 is 11.8. The summed E-state index contributed by atoms with van der Waals surface area (Å²) < 4.78 is 5.32. The summed E-state index contributed by atoms with van der Waals surface area (Å²) in [5.41, 5.74) is 1.12. The molecule has 1 heterocycles. The third kappa shape index (κ3) is 3.63. The molecule has 0 saturated carbocycles. The summed E-state index contributed by atoms with van der Waals surface area (Å²) in [6, 6.07) is 5.62. The van der Waals surface area contributed by atoms with Gasteiger partial charge in [-0.25, -0.2) is 0 Å². The van der Waals surface area contributed by atoms with Crippen LogP contribution < -0.4 is 5.32 Å². The van der Waals surface area contributed by atoms with E-state index in [1.165, 1.54) is 0 Å². The van der Waals surface area contributed by atoms with Gasteiger partial charge in [0.05, 0.1) is 6.61 Å². The zero-order valence-electron chi connectivity index (χ0n) is 9.01. The molecular formula is C12H15Cl2NO. The number of ether oxygens (including phenoxy) is 1. The van der Waals surface area contributed by atoms with E-state index in [0.717, 1.165) is 38.3 Å². The van der Waals surface area contributed by atoms with Crippen LogP contribution in [0.5, 0.6) is 0 Å². The molecule has 1 aromatic carbocycles. The van der Waals surface area contributed by atoms with Crippen LogP contribution in [0.2, 0.25) is 10.0 Å². The number of hydrogen-bond donors (Lipinski definition) is 1. The highest BCUT2D eigenvalue weighted by Gasteiger charge is 2.14. The predicted molar refractivity (Wildman–Crippen MR) is 67.1 cm³/mol. The molecule has 0 amide bonds. The van der Waals surface area contributed by atoms with Crippen LogP contribution in [0.3, 0.4) is 0 Å². The van der Waals surface area contributed by atoms with Crippen LogP contribution in [0.4, 0.5) is 0 Å². The lowest BCUT2D eigenvalue weighted by atomic mass is 10.1. The van der Waals surface area contributed by atoms with Gasteiger partial charge in [0.1, 0.15) is 0 Å². The van der Waals surface area contributed by atoms with Gasteiger partial charge in [0.15, 0.2) is 0 Å². The van der Waals surface area contributed by atoms with E-state index >= 15 is 0 Å². The van der Waals surface area contributed by atoms with E-state index in [4.69, 9.17) is 27.9 Å². The van der Waals surface area contributed by atoms with Gasteiger partial charge in [0, 0.05) is 29.7 Å². The van der Waals surface area contributed by atoms with Gasteiger partial charge in [-0.05, 0) is 36.1 Å². The molecule has 2 rings (SSSR count). The number of benzene rings is 1. The van der Waals surface area contributed by atoms with Crippen molar-refractivity contribution in [1.29, 1.82) is 0 Å². The molecule has 1 aromatic rings. The summed E-state index contributed by atoms with van der Waals surface area (Å²) in [6.07, 6.45) is 1.16. The molecule has 0 spiro atoms. The molecular weight excluding hydrogens is 245 g/mol. The Morgan fingerprint density at radius 2 is 2.00 bits per heavy atom. The van der Waals surface area contributed by atoms with Crippen molar-refractivity contribution in [3.8, 4) is 0 Å². The van der Waals surface area contributed by atoms with Crippen LogP contribution in [0, 0.1) is 5.92 Å². The maximum Gasteiger partial charge on any atom is 0.0507 e. The zero-order chi connectivity index (χ0) is 11.4. The first-order valence-electron chi connectivity index (χ1n) is 5.47. The van der Waals surface area contributed by atoms with Gasteiger partial charge in [0.25, 0.3) is 0 Å². The topological polar surface area (TPSA) is 21.3 Å². The standard InChI is InChI=1S/C12H15Cl2NO/c13-11-3-10(4-12(14)5-11)7-15-6-9-1-2-16-8-9/h3-5,9,15H,1-2,6-8H2. The lowest BCUT2D eigenvalue weighted by molar-refractivity contribution is 0.185. The number of rotatable bonds is 4. The molecule has 0 radical (unpaired) electrons. The van der Waals surface area contributed by atoms with Crippen molar-refractivity contribution >= 4 is 23.2 Å². The minimum Gasteiger partial charge on any atom is -0.381 e. The van der Waals surface area contributed by atoms with Gasteiger partial charge in [-0.1, -0.05) is 23.2 Å². The van der Waals surface area contributed by atoms with Gasteiger partial charge in [0.2, 0.25) is 0 Å². The van der Waals surface area contributed by atoms with E-state index in [1.54, 1.807) is 6.07 Å². The molecule has 4 heteroatoms. The molecule has 0 bridgehead atoms. The van der Waals surface area contributed by atoms with Crippen LogP contribution in [-0.2, 0) is 11.3 Å². The summed E-state index contributed by atoms with van der Waals surface area (Å²) in [4.78, 5) is 0. The summed E-state index contributed by atoms with van der Waals surface area (Å²) in [5, 5.41) is 4.78. The Bertz CT molecular complexity index is 331. The number of halogens is 2. The van der Waals surface area contributed by atoms with E-state index in [0.29, 0.717) is 16.0 Å². The van der Waals surface area contributed by atoms with Crippen molar-refractivity contribution in [1.82, 2.24) is 5.32 Å². The first kappa shape index (κ1) is 12.2. The third-order valence-electron chi connectivity index (χ3n) is 2.71. The van der Waals surface area contributed by atoms with E-state index in [1.807, 2.05) is 12.1 Å². The van der Waals surface area contributed by atoms with Crippen molar-refractivity contribution < 1.29 is 4.74 Å². The van der Waals surface area contributed by atoms with Crippen molar-refractivity contribution in [2.45, 2.75) is 13.0 Å². The van der Waals surface area contributed by atoms with Crippen molar-refractivity contribution in [2.75, 3.05) is 19.8 Å². The van der Waals surface area contributed by atoms with Gasteiger partial charge in [-0.3, -0.25) is 0 Å². The molecule has 0 aliphatic carbocycles. The molecule has 1 aliphatic heterocycles. The van der Waals surface area contributed by atoms with E-state index in [2.05, 4.69) is 5.32 Å². The Kier molecular flexibility index (Phi) is 4.47. The Balaban J connectivity index is 1.80. The highest BCUT2D eigenvalue weighted by Crippen LogP contribution is 2.19. The molecule has 1 unspecified atom stereocenters. The van der Waals surface area contributed by atoms with Crippen LogP contribution >= 0.6 is 23.2 Å². The molecule has 16 heavy (non-hydrogen) atoms. The van der Waals surface area contributed by atoms with Crippen LogP contribution in [0.15, 0.2) is 18.2 Å². The highest BCUT2D eigenvalue weighted by molar-refractivity contribution is 6.34. The van der Waals surface area contributed by atoms with E-state index < -0.39 is 0 Å². The molecule has 0 aromatic heterocycles. The maximum atomic E-state index is 5.92.